The second-order valence-electron chi connectivity index (χ2n) is 4.76. The van der Waals surface area contributed by atoms with E-state index in [2.05, 4.69) is 31.9 Å². The van der Waals surface area contributed by atoms with Crippen molar-refractivity contribution >= 4 is 43.7 Å². The van der Waals surface area contributed by atoms with Crippen LogP contribution < -0.4 is 0 Å². The first-order chi connectivity index (χ1) is 8.90. The average molecular weight is 391 g/mol. The summed E-state index contributed by atoms with van der Waals surface area (Å²) in [6.45, 7) is 2.62. The average Bonchev–Trinajstić information content (AvgIpc) is 2.70. The van der Waals surface area contributed by atoms with Crippen LogP contribution in [0, 0.1) is 11.8 Å². The summed E-state index contributed by atoms with van der Waals surface area (Å²) in [5.74, 6) is -1.46. The molecule has 1 saturated heterocycles. The van der Waals surface area contributed by atoms with Gasteiger partial charge in [-0.25, -0.2) is 0 Å². The Balaban J connectivity index is 2.19. The van der Waals surface area contributed by atoms with Crippen molar-refractivity contribution in [1.29, 1.82) is 0 Å². The van der Waals surface area contributed by atoms with Gasteiger partial charge in [-0.05, 0) is 40.0 Å². The molecule has 4 nitrogen and oxygen atoms in total. The van der Waals surface area contributed by atoms with Crippen molar-refractivity contribution in [1.82, 2.24) is 4.90 Å². The Labute approximate surface area is 128 Å². The molecule has 1 fully saturated rings. The van der Waals surface area contributed by atoms with Crippen molar-refractivity contribution in [2.45, 2.75) is 6.92 Å². The highest BCUT2D eigenvalue weighted by Gasteiger charge is 2.37. The van der Waals surface area contributed by atoms with Crippen LogP contribution >= 0.6 is 31.9 Å². The van der Waals surface area contributed by atoms with Crippen LogP contribution in [-0.4, -0.2) is 35.0 Å². The van der Waals surface area contributed by atoms with Gasteiger partial charge in [-0.1, -0.05) is 22.9 Å². The van der Waals surface area contributed by atoms with Gasteiger partial charge in [0.15, 0.2) is 0 Å². The Morgan fingerprint density at radius 1 is 1.32 bits per heavy atom. The second-order valence-corrected chi connectivity index (χ2v) is 6.53. The fourth-order valence-corrected chi connectivity index (χ4v) is 3.50. The maximum absolute atomic E-state index is 12.4. The van der Waals surface area contributed by atoms with E-state index in [0.29, 0.717) is 16.6 Å². The van der Waals surface area contributed by atoms with E-state index in [4.69, 9.17) is 5.11 Å². The van der Waals surface area contributed by atoms with E-state index in [-0.39, 0.29) is 18.4 Å². The van der Waals surface area contributed by atoms with E-state index in [1.807, 2.05) is 6.92 Å². The molecule has 0 unspecified atom stereocenters. The Morgan fingerprint density at radius 3 is 2.53 bits per heavy atom. The summed E-state index contributed by atoms with van der Waals surface area (Å²) in [7, 11) is 0. The number of benzene rings is 1. The van der Waals surface area contributed by atoms with Crippen molar-refractivity contribution in [2.75, 3.05) is 13.1 Å². The van der Waals surface area contributed by atoms with Gasteiger partial charge in [0, 0.05) is 22.0 Å². The SMILES string of the molecule is C[C@@H]1CN(C(=O)c2ccc(Br)cc2Br)C[C@H]1C(=O)O. The van der Waals surface area contributed by atoms with Gasteiger partial charge in [0.1, 0.15) is 0 Å². The molecule has 0 radical (unpaired) electrons. The molecular weight excluding hydrogens is 378 g/mol. The van der Waals surface area contributed by atoms with Crippen molar-refractivity contribution in [2.24, 2.45) is 11.8 Å². The molecule has 0 aliphatic carbocycles. The molecule has 6 heteroatoms. The molecule has 102 valence electrons. The number of carbonyl (C=O) groups excluding carboxylic acids is 1. The molecule has 1 aromatic rings. The number of carboxylic acid groups (broad SMARTS) is 1. The summed E-state index contributed by atoms with van der Waals surface area (Å²) in [4.78, 5) is 25.1. The molecule has 2 atom stereocenters. The molecule has 1 aliphatic rings. The third kappa shape index (κ3) is 3.00. The van der Waals surface area contributed by atoms with E-state index in [9.17, 15) is 9.59 Å². The largest absolute Gasteiger partial charge is 0.481 e. The predicted molar refractivity (Wildman–Crippen MR) is 78.0 cm³/mol. The fourth-order valence-electron chi connectivity index (χ4n) is 2.29. The summed E-state index contributed by atoms with van der Waals surface area (Å²) in [5.41, 5.74) is 0.557. The van der Waals surface area contributed by atoms with Crippen LogP contribution in [0.25, 0.3) is 0 Å². The van der Waals surface area contributed by atoms with Crippen LogP contribution in [0.15, 0.2) is 27.1 Å². The number of rotatable bonds is 2. The third-order valence-electron chi connectivity index (χ3n) is 3.38. The molecule has 1 N–H and O–H groups in total. The first-order valence-corrected chi connectivity index (χ1v) is 7.46. The highest BCUT2D eigenvalue weighted by molar-refractivity contribution is 9.11. The molecule has 0 spiro atoms. The maximum atomic E-state index is 12.4. The zero-order valence-corrected chi connectivity index (χ0v) is 13.4. The van der Waals surface area contributed by atoms with Crippen molar-refractivity contribution in [3.8, 4) is 0 Å². The van der Waals surface area contributed by atoms with Crippen molar-refractivity contribution < 1.29 is 14.7 Å². The van der Waals surface area contributed by atoms with E-state index in [1.54, 1.807) is 23.1 Å². The topological polar surface area (TPSA) is 57.6 Å². The van der Waals surface area contributed by atoms with Crippen LogP contribution in [-0.2, 0) is 4.79 Å². The molecule has 2 rings (SSSR count). The van der Waals surface area contributed by atoms with Crippen LogP contribution in [0.4, 0.5) is 0 Å². The van der Waals surface area contributed by atoms with Gasteiger partial charge in [-0.3, -0.25) is 9.59 Å². The third-order valence-corrected chi connectivity index (χ3v) is 4.53. The number of amides is 1. The lowest BCUT2D eigenvalue weighted by atomic mass is 9.99. The monoisotopic (exact) mass is 389 g/mol. The summed E-state index contributed by atoms with van der Waals surface area (Å²) in [6.07, 6.45) is 0. The number of halogens is 2. The van der Waals surface area contributed by atoms with Gasteiger partial charge < -0.3 is 10.0 Å². The molecular formula is C13H13Br2NO3. The van der Waals surface area contributed by atoms with Gasteiger partial charge >= 0.3 is 5.97 Å². The standard InChI is InChI=1S/C13H13Br2NO3/c1-7-5-16(6-10(7)13(18)19)12(17)9-3-2-8(14)4-11(9)15/h2-4,7,10H,5-6H2,1H3,(H,18,19)/t7-,10-/m1/s1. The summed E-state index contributed by atoms with van der Waals surface area (Å²) < 4.78 is 1.59. The van der Waals surface area contributed by atoms with Crippen LogP contribution in [0.3, 0.4) is 0 Å². The molecule has 0 bridgehead atoms. The number of carbonyl (C=O) groups is 2. The minimum absolute atomic E-state index is 0.0179. The molecule has 19 heavy (non-hydrogen) atoms. The fraction of sp³-hybridized carbons (Fsp3) is 0.385. The zero-order valence-electron chi connectivity index (χ0n) is 10.3. The Morgan fingerprint density at radius 2 is 2.00 bits per heavy atom. The molecule has 1 amide bonds. The quantitative estimate of drug-likeness (QED) is 0.844. The first-order valence-electron chi connectivity index (χ1n) is 5.87. The van der Waals surface area contributed by atoms with Gasteiger partial charge in [0.2, 0.25) is 0 Å². The van der Waals surface area contributed by atoms with E-state index < -0.39 is 11.9 Å². The maximum Gasteiger partial charge on any atom is 0.308 e. The van der Waals surface area contributed by atoms with Crippen molar-refractivity contribution in [3.05, 3.63) is 32.7 Å². The number of carboxylic acids is 1. The van der Waals surface area contributed by atoms with E-state index >= 15 is 0 Å². The van der Waals surface area contributed by atoms with Crippen molar-refractivity contribution in [3.63, 3.8) is 0 Å². The minimum atomic E-state index is -0.835. The van der Waals surface area contributed by atoms with Gasteiger partial charge in [0.05, 0.1) is 11.5 Å². The highest BCUT2D eigenvalue weighted by Crippen LogP contribution is 2.28. The summed E-state index contributed by atoms with van der Waals surface area (Å²) in [5, 5.41) is 9.09. The second kappa shape index (κ2) is 5.63. The Bertz CT molecular complexity index is 533. The Hall–Kier alpha value is -0.880. The lowest BCUT2D eigenvalue weighted by Gasteiger charge is -2.17. The summed E-state index contributed by atoms with van der Waals surface area (Å²) in [6, 6.07) is 5.34. The van der Waals surface area contributed by atoms with E-state index in [1.165, 1.54) is 0 Å². The first kappa shape index (κ1) is 14.5. The minimum Gasteiger partial charge on any atom is -0.481 e. The number of aliphatic carboxylic acids is 1. The lowest BCUT2D eigenvalue weighted by molar-refractivity contribution is -0.142. The van der Waals surface area contributed by atoms with Crippen LogP contribution in [0.5, 0.6) is 0 Å². The summed E-state index contributed by atoms with van der Waals surface area (Å²) >= 11 is 6.69. The molecule has 0 saturated carbocycles. The number of hydrogen-bond acceptors (Lipinski definition) is 2. The highest BCUT2D eigenvalue weighted by atomic mass is 79.9. The van der Waals surface area contributed by atoms with Gasteiger partial charge in [-0.15, -0.1) is 0 Å². The lowest BCUT2D eigenvalue weighted by Crippen LogP contribution is -2.30. The van der Waals surface area contributed by atoms with Crippen LogP contribution in [0.2, 0.25) is 0 Å². The zero-order chi connectivity index (χ0) is 14.2. The molecule has 1 aromatic carbocycles. The van der Waals surface area contributed by atoms with Crippen LogP contribution in [0.1, 0.15) is 17.3 Å². The van der Waals surface area contributed by atoms with E-state index in [0.717, 1.165) is 4.47 Å². The number of nitrogens with zero attached hydrogens (tertiary/aromatic N) is 1. The molecule has 1 aliphatic heterocycles. The van der Waals surface area contributed by atoms with Gasteiger partial charge in [-0.2, -0.15) is 0 Å². The molecule has 0 aromatic heterocycles. The molecule has 1 heterocycles. The normalized spacial score (nSPS) is 22.6. The van der Waals surface area contributed by atoms with Gasteiger partial charge in [0.25, 0.3) is 5.91 Å². The number of likely N-dealkylation sites (tertiary alicyclic amines) is 1. The Kier molecular flexibility index (Phi) is 4.30. The number of hydrogen-bond donors (Lipinski definition) is 1. The smallest absolute Gasteiger partial charge is 0.308 e. The predicted octanol–water partition coefficient (Wildman–Crippen LogP) is 3.00.